The molecule has 0 saturated carbocycles. The zero-order valence-electron chi connectivity index (χ0n) is 13.1. The highest BCUT2D eigenvalue weighted by Gasteiger charge is 2.37. The second-order valence-corrected chi connectivity index (χ2v) is 6.15. The highest BCUT2D eigenvalue weighted by atomic mass is 19.2. The van der Waals surface area contributed by atoms with E-state index in [4.69, 9.17) is 0 Å². The highest BCUT2D eigenvalue weighted by molar-refractivity contribution is 6.04. The molecule has 0 bridgehead atoms. The van der Waals surface area contributed by atoms with Gasteiger partial charge in [-0.15, -0.1) is 0 Å². The molecule has 128 valence electrons. The maximum absolute atomic E-state index is 13.6. The monoisotopic (exact) mass is 343 g/mol. The van der Waals surface area contributed by atoms with Crippen molar-refractivity contribution in [2.24, 2.45) is 0 Å². The summed E-state index contributed by atoms with van der Waals surface area (Å²) in [6.07, 6.45) is -0.466. The molecule has 2 aromatic carbocycles. The molecule has 0 radical (unpaired) electrons. The Morgan fingerprint density at radius 1 is 1.20 bits per heavy atom. The van der Waals surface area contributed by atoms with Crippen molar-refractivity contribution in [2.75, 3.05) is 6.54 Å². The number of β-amino-alcohol motifs (C(OH)–C–C–N with tert-alkyl or cyclic N) is 1. The van der Waals surface area contributed by atoms with Crippen LogP contribution in [0.3, 0.4) is 0 Å². The van der Waals surface area contributed by atoms with Gasteiger partial charge >= 0.3 is 0 Å². The third kappa shape index (κ3) is 2.66. The summed E-state index contributed by atoms with van der Waals surface area (Å²) in [5.41, 5.74) is 1.43. The van der Waals surface area contributed by atoms with Gasteiger partial charge in [0.2, 0.25) is 0 Å². The van der Waals surface area contributed by atoms with Gasteiger partial charge in [0.05, 0.1) is 17.7 Å². The predicted octanol–water partition coefficient (Wildman–Crippen LogP) is 2.79. The molecule has 1 aliphatic heterocycles. The smallest absolute Gasteiger partial charge is 0.275 e. The first kappa shape index (κ1) is 15.7. The number of carbonyl (C=O) groups excluding carboxylic acids is 1. The molecule has 0 unspecified atom stereocenters. The number of nitrogens with one attached hydrogen (secondary N) is 1. The summed E-state index contributed by atoms with van der Waals surface area (Å²) in [4.78, 5) is 14.4. The first-order valence-electron chi connectivity index (χ1n) is 7.91. The van der Waals surface area contributed by atoms with E-state index < -0.39 is 23.8 Å². The van der Waals surface area contributed by atoms with Crippen LogP contribution in [0.25, 0.3) is 10.9 Å². The van der Waals surface area contributed by atoms with Crippen LogP contribution in [0.4, 0.5) is 8.78 Å². The van der Waals surface area contributed by atoms with Crippen molar-refractivity contribution in [3.63, 3.8) is 0 Å². The number of H-pyrrole nitrogens is 1. The van der Waals surface area contributed by atoms with Crippen LogP contribution in [-0.4, -0.2) is 38.8 Å². The summed E-state index contributed by atoms with van der Waals surface area (Å²) in [6, 6.07) is 10.2. The van der Waals surface area contributed by atoms with Crippen LogP contribution in [-0.2, 0) is 0 Å². The SMILES string of the molecule is O=C(c1n[nH]c2ccccc12)N1C[C@@H](O)C[C@H]1c1ccc(F)c(F)c1. The minimum absolute atomic E-state index is 0.115. The number of carbonyl (C=O) groups is 1. The lowest BCUT2D eigenvalue weighted by Crippen LogP contribution is -2.32. The number of aliphatic hydroxyl groups excluding tert-OH is 1. The summed E-state index contributed by atoms with van der Waals surface area (Å²) >= 11 is 0. The summed E-state index contributed by atoms with van der Waals surface area (Å²) in [6.45, 7) is 0.115. The molecule has 1 aromatic heterocycles. The molecule has 5 nitrogen and oxygen atoms in total. The van der Waals surface area contributed by atoms with Crippen LogP contribution in [0.5, 0.6) is 0 Å². The van der Waals surface area contributed by atoms with Gasteiger partial charge in [0.15, 0.2) is 17.3 Å². The average molecular weight is 343 g/mol. The molecular weight excluding hydrogens is 328 g/mol. The Bertz CT molecular complexity index is 956. The molecule has 1 saturated heterocycles. The number of nitrogens with zero attached hydrogens (tertiary/aromatic N) is 2. The van der Waals surface area contributed by atoms with Crippen molar-refractivity contribution in [1.82, 2.24) is 15.1 Å². The van der Waals surface area contributed by atoms with E-state index >= 15 is 0 Å². The number of likely N-dealkylation sites (tertiary alicyclic amines) is 1. The molecule has 3 aromatic rings. The number of halogens is 2. The molecule has 0 spiro atoms. The van der Waals surface area contributed by atoms with Crippen molar-refractivity contribution in [2.45, 2.75) is 18.6 Å². The summed E-state index contributed by atoms with van der Waals surface area (Å²) < 4.78 is 26.8. The fourth-order valence-electron chi connectivity index (χ4n) is 3.34. The van der Waals surface area contributed by atoms with Gasteiger partial charge in [-0.05, 0) is 30.2 Å². The van der Waals surface area contributed by atoms with Crippen molar-refractivity contribution in [1.29, 1.82) is 0 Å². The Balaban J connectivity index is 1.72. The van der Waals surface area contributed by atoms with E-state index in [0.29, 0.717) is 10.9 Å². The van der Waals surface area contributed by atoms with E-state index in [1.165, 1.54) is 11.0 Å². The van der Waals surface area contributed by atoms with E-state index in [-0.39, 0.29) is 24.6 Å². The van der Waals surface area contributed by atoms with E-state index in [1.807, 2.05) is 12.1 Å². The van der Waals surface area contributed by atoms with Crippen molar-refractivity contribution >= 4 is 16.8 Å². The number of hydrogen-bond donors (Lipinski definition) is 2. The van der Waals surface area contributed by atoms with E-state index in [2.05, 4.69) is 10.2 Å². The summed E-state index contributed by atoms with van der Waals surface area (Å²) in [5.74, 6) is -2.28. The molecule has 1 aliphatic rings. The fourth-order valence-corrected chi connectivity index (χ4v) is 3.34. The Labute approximate surface area is 141 Å². The Morgan fingerprint density at radius 2 is 2.00 bits per heavy atom. The fraction of sp³-hybridized carbons (Fsp3) is 0.222. The minimum atomic E-state index is -0.975. The molecule has 0 aliphatic carbocycles. The van der Waals surface area contributed by atoms with Crippen LogP contribution in [0.15, 0.2) is 42.5 Å². The van der Waals surface area contributed by atoms with Gasteiger partial charge < -0.3 is 10.0 Å². The first-order valence-corrected chi connectivity index (χ1v) is 7.91. The Kier molecular flexibility index (Phi) is 3.73. The largest absolute Gasteiger partial charge is 0.391 e. The van der Waals surface area contributed by atoms with Gasteiger partial charge in [-0.3, -0.25) is 9.89 Å². The number of aromatic amines is 1. The third-order valence-electron chi connectivity index (χ3n) is 4.54. The Hall–Kier alpha value is -2.80. The standard InChI is InChI=1S/C18H15F2N3O2/c19-13-6-5-10(7-14(13)20)16-8-11(24)9-23(16)18(25)17-12-3-1-2-4-15(12)21-22-17/h1-7,11,16,24H,8-9H2,(H,21,22)/t11-,16-/m0/s1. The lowest BCUT2D eigenvalue weighted by atomic mass is 10.0. The van der Waals surface area contributed by atoms with E-state index in [9.17, 15) is 18.7 Å². The van der Waals surface area contributed by atoms with E-state index in [1.54, 1.807) is 12.1 Å². The maximum atomic E-state index is 13.6. The predicted molar refractivity (Wildman–Crippen MR) is 86.9 cm³/mol. The number of benzene rings is 2. The van der Waals surface area contributed by atoms with Gasteiger partial charge in [0, 0.05) is 11.9 Å². The lowest BCUT2D eigenvalue weighted by Gasteiger charge is -2.24. The molecule has 7 heteroatoms. The molecule has 2 atom stereocenters. The second-order valence-electron chi connectivity index (χ2n) is 6.15. The van der Waals surface area contributed by atoms with Gasteiger partial charge in [0.1, 0.15) is 0 Å². The summed E-state index contributed by atoms with van der Waals surface area (Å²) in [7, 11) is 0. The normalized spacial score (nSPS) is 20.4. The van der Waals surface area contributed by atoms with Crippen LogP contribution in [0, 0.1) is 11.6 Å². The first-order chi connectivity index (χ1) is 12.0. The van der Waals surface area contributed by atoms with Gasteiger partial charge in [-0.2, -0.15) is 5.10 Å². The molecule has 1 amide bonds. The number of hydrogen-bond acceptors (Lipinski definition) is 3. The van der Waals surface area contributed by atoms with Crippen LogP contribution in [0.1, 0.15) is 28.5 Å². The van der Waals surface area contributed by atoms with Gasteiger partial charge in [-0.1, -0.05) is 24.3 Å². The van der Waals surface area contributed by atoms with E-state index in [0.717, 1.165) is 17.6 Å². The highest BCUT2D eigenvalue weighted by Crippen LogP contribution is 2.34. The van der Waals surface area contributed by atoms with Crippen LogP contribution in [0.2, 0.25) is 0 Å². The topological polar surface area (TPSA) is 69.2 Å². The van der Waals surface area contributed by atoms with Crippen molar-refractivity contribution in [3.05, 3.63) is 65.4 Å². The minimum Gasteiger partial charge on any atom is -0.391 e. The molecule has 4 rings (SSSR count). The van der Waals surface area contributed by atoms with Gasteiger partial charge in [0.25, 0.3) is 5.91 Å². The average Bonchev–Trinajstić information content (AvgIpc) is 3.20. The molecule has 2 N–H and O–H groups in total. The van der Waals surface area contributed by atoms with Crippen LogP contribution >= 0.6 is 0 Å². The third-order valence-corrected chi connectivity index (χ3v) is 4.54. The van der Waals surface area contributed by atoms with Crippen molar-refractivity contribution in [3.8, 4) is 0 Å². The maximum Gasteiger partial charge on any atom is 0.275 e. The zero-order valence-corrected chi connectivity index (χ0v) is 13.1. The number of fused-ring (bicyclic) bond motifs is 1. The van der Waals surface area contributed by atoms with Crippen molar-refractivity contribution < 1.29 is 18.7 Å². The number of amides is 1. The number of aromatic nitrogens is 2. The molecule has 1 fully saturated rings. The molecular formula is C18H15F2N3O2. The van der Waals surface area contributed by atoms with Crippen LogP contribution < -0.4 is 0 Å². The number of para-hydroxylation sites is 1. The zero-order chi connectivity index (χ0) is 17.6. The second kappa shape index (κ2) is 5.93. The lowest BCUT2D eigenvalue weighted by molar-refractivity contribution is 0.0711. The Morgan fingerprint density at radius 3 is 2.80 bits per heavy atom. The number of aliphatic hydroxyl groups is 1. The molecule has 2 heterocycles. The quantitative estimate of drug-likeness (QED) is 0.752. The number of rotatable bonds is 2. The summed E-state index contributed by atoms with van der Waals surface area (Å²) in [5, 5.41) is 17.6. The molecule has 25 heavy (non-hydrogen) atoms. The van der Waals surface area contributed by atoms with Gasteiger partial charge in [-0.25, -0.2) is 8.78 Å².